The maximum atomic E-state index is 12.0. The van der Waals surface area contributed by atoms with Gasteiger partial charge in [-0.1, -0.05) is 24.3 Å². The van der Waals surface area contributed by atoms with E-state index in [1.54, 1.807) is 11.8 Å². The van der Waals surface area contributed by atoms with Crippen molar-refractivity contribution in [2.24, 2.45) is 0 Å². The summed E-state index contributed by atoms with van der Waals surface area (Å²) in [4.78, 5) is 25.3. The first-order chi connectivity index (χ1) is 8.52. The topological polar surface area (TPSA) is 49.4 Å². The summed E-state index contributed by atoms with van der Waals surface area (Å²) < 4.78 is 0. The van der Waals surface area contributed by atoms with Crippen LogP contribution >= 0.6 is 0 Å². The highest BCUT2D eigenvalue weighted by atomic mass is 16.2. The molecular weight excluding hydrogens is 228 g/mol. The van der Waals surface area contributed by atoms with Crippen LogP contribution in [0.3, 0.4) is 0 Å². The zero-order valence-electron chi connectivity index (χ0n) is 10.9. The number of nitrogens with zero attached hydrogens (tertiary/aromatic N) is 1. The van der Waals surface area contributed by atoms with Crippen LogP contribution in [0.15, 0.2) is 24.3 Å². The molecule has 1 fully saturated rings. The third-order valence-electron chi connectivity index (χ3n) is 3.55. The number of hydrogen-bond acceptors (Lipinski definition) is 2. The molecule has 18 heavy (non-hydrogen) atoms. The average Bonchev–Trinajstić information content (AvgIpc) is 2.35. The molecule has 0 radical (unpaired) electrons. The molecule has 0 bridgehead atoms. The molecule has 0 aromatic heterocycles. The molecule has 4 nitrogen and oxygen atoms in total. The third-order valence-corrected chi connectivity index (χ3v) is 3.55. The molecule has 0 spiro atoms. The van der Waals surface area contributed by atoms with Crippen LogP contribution in [0.4, 0.5) is 0 Å². The van der Waals surface area contributed by atoms with Crippen molar-refractivity contribution >= 4 is 11.8 Å². The van der Waals surface area contributed by atoms with E-state index in [0.717, 1.165) is 11.1 Å². The van der Waals surface area contributed by atoms with Gasteiger partial charge in [-0.3, -0.25) is 9.59 Å². The summed E-state index contributed by atoms with van der Waals surface area (Å²) in [7, 11) is 0. The summed E-state index contributed by atoms with van der Waals surface area (Å²) in [6, 6.07) is 7.45. The Morgan fingerprint density at radius 3 is 2.67 bits per heavy atom. The van der Waals surface area contributed by atoms with Crippen LogP contribution in [0.2, 0.25) is 0 Å². The van der Waals surface area contributed by atoms with Crippen molar-refractivity contribution < 1.29 is 9.59 Å². The fourth-order valence-electron chi connectivity index (χ4n) is 2.50. The van der Waals surface area contributed by atoms with E-state index in [0.29, 0.717) is 0 Å². The van der Waals surface area contributed by atoms with E-state index in [2.05, 4.69) is 5.32 Å². The fraction of sp³-hybridized carbons (Fsp3) is 0.429. The molecule has 1 heterocycles. The molecule has 2 rings (SSSR count). The van der Waals surface area contributed by atoms with E-state index in [9.17, 15) is 9.59 Å². The summed E-state index contributed by atoms with van der Waals surface area (Å²) in [5, 5.41) is 2.60. The van der Waals surface area contributed by atoms with Crippen LogP contribution < -0.4 is 5.32 Å². The molecule has 96 valence electrons. The smallest absolute Gasteiger partial charge is 0.243 e. The average molecular weight is 246 g/mol. The molecule has 4 heteroatoms. The lowest BCUT2D eigenvalue weighted by Crippen LogP contribution is -2.57. The SMILES string of the molecule is Cc1ccccc1C(C)N1C(=O)CNC(=O)C1C. The van der Waals surface area contributed by atoms with E-state index in [-0.39, 0.29) is 24.4 Å². The Bertz CT molecular complexity index is 484. The highest BCUT2D eigenvalue weighted by Gasteiger charge is 2.34. The Morgan fingerprint density at radius 2 is 2.00 bits per heavy atom. The Balaban J connectivity index is 2.32. The summed E-state index contributed by atoms with van der Waals surface area (Å²) in [6.45, 7) is 5.85. The van der Waals surface area contributed by atoms with Gasteiger partial charge in [0.1, 0.15) is 6.04 Å². The molecule has 1 aliphatic rings. The second-order valence-electron chi connectivity index (χ2n) is 4.73. The van der Waals surface area contributed by atoms with Gasteiger partial charge in [0, 0.05) is 0 Å². The van der Waals surface area contributed by atoms with Gasteiger partial charge in [0.15, 0.2) is 0 Å². The largest absolute Gasteiger partial charge is 0.345 e. The molecule has 0 saturated carbocycles. The first kappa shape index (κ1) is 12.6. The van der Waals surface area contributed by atoms with Crippen molar-refractivity contribution in [3.05, 3.63) is 35.4 Å². The first-order valence-electron chi connectivity index (χ1n) is 6.16. The molecule has 1 aromatic carbocycles. The van der Waals surface area contributed by atoms with Gasteiger partial charge >= 0.3 is 0 Å². The molecule has 1 N–H and O–H groups in total. The number of hydrogen-bond donors (Lipinski definition) is 1. The van der Waals surface area contributed by atoms with E-state index in [1.165, 1.54) is 0 Å². The van der Waals surface area contributed by atoms with Crippen molar-refractivity contribution in [1.82, 2.24) is 10.2 Å². The van der Waals surface area contributed by atoms with Crippen molar-refractivity contribution in [2.75, 3.05) is 6.54 Å². The van der Waals surface area contributed by atoms with Gasteiger partial charge in [-0.2, -0.15) is 0 Å². The molecule has 0 aliphatic carbocycles. The minimum Gasteiger partial charge on any atom is -0.345 e. The van der Waals surface area contributed by atoms with Crippen LogP contribution in [0.1, 0.15) is 31.0 Å². The number of aryl methyl sites for hydroxylation is 1. The minimum absolute atomic E-state index is 0.0298. The molecule has 1 saturated heterocycles. The van der Waals surface area contributed by atoms with Gasteiger partial charge in [0.05, 0.1) is 12.6 Å². The van der Waals surface area contributed by atoms with Crippen LogP contribution in [-0.4, -0.2) is 29.3 Å². The van der Waals surface area contributed by atoms with Gasteiger partial charge in [-0.25, -0.2) is 0 Å². The van der Waals surface area contributed by atoms with Crippen LogP contribution in [-0.2, 0) is 9.59 Å². The van der Waals surface area contributed by atoms with Crippen molar-refractivity contribution in [1.29, 1.82) is 0 Å². The summed E-state index contributed by atoms with van der Waals surface area (Å²) in [5.74, 6) is -0.118. The summed E-state index contributed by atoms with van der Waals surface area (Å²) in [5.41, 5.74) is 2.23. The number of piperazine rings is 1. The number of carbonyl (C=O) groups is 2. The van der Waals surface area contributed by atoms with E-state index in [4.69, 9.17) is 0 Å². The van der Waals surface area contributed by atoms with Crippen LogP contribution in [0, 0.1) is 6.92 Å². The van der Waals surface area contributed by atoms with E-state index < -0.39 is 6.04 Å². The molecule has 2 unspecified atom stereocenters. The lowest BCUT2D eigenvalue weighted by atomic mass is 9.99. The normalized spacial score (nSPS) is 21.7. The van der Waals surface area contributed by atoms with E-state index in [1.807, 2.05) is 38.1 Å². The van der Waals surface area contributed by atoms with Gasteiger partial charge in [0.2, 0.25) is 11.8 Å². The lowest BCUT2D eigenvalue weighted by Gasteiger charge is -2.38. The van der Waals surface area contributed by atoms with Crippen molar-refractivity contribution in [3.63, 3.8) is 0 Å². The maximum absolute atomic E-state index is 12.0. The zero-order chi connectivity index (χ0) is 13.3. The third kappa shape index (κ3) is 2.10. The number of nitrogens with one attached hydrogen (secondary N) is 1. The number of rotatable bonds is 2. The predicted molar refractivity (Wildman–Crippen MR) is 68.9 cm³/mol. The number of carbonyl (C=O) groups excluding carboxylic acids is 2. The Kier molecular flexibility index (Phi) is 3.36. The second-order valence-corrected chi connectivity index (χ2v) is 4.73. The second kappa shape index (κ2) is 4.80. The first-order valence-corrected chi connectivity index (χ1v) is 6.16. The molecule has 2 atom stereocenters. The fourth-order valence-corrected chi connectivity index (χ4v) is 2.50. The maximum Gasteiger partial charge on any atom is 0.243 e. The Hall–Kier alpha value is -1.84. The highest BCUT2D eigenvalue weighted by Crippen LogP contribution is 2.26. The molecule has 1 aliphatic heterocycles. The molecule has 1 aromatic rings. The number of benzene rings is 1. The zero-order valence-corrected chi connectivity index (χ0v) is 10.9. The minimum atomic E-state index is -0.416. The Morgan fingerprint density at radius 1 is 1.33 bits per heavy atom. The van der Waals surface area contributed by atoms with Gasteiger partial charge in [-0.15, -0.1) is 0 Å². The Labute approximate surface area is 107 Å². The van der Waals surface area contributed by atoms with E-state index >= 15 is 0 Å². The van der Waals surface area contributed by atoms with Gasteiger partial charge in [-0.05, 0) is 31.9 Å². The van der Waals surface area contributed by atoms with Crippen molar-refractivity contribution in [3.8, 4) is 0 Å². The number of amides is 2. The van der Waals surface area contributed by atoms with Crippen LogP contribution in [0.5, 0.6) is 0 Å². The van der Waals surface area contributed by atoms with Crippen LogP contribution in [0.25, 0.3) is 0 Å². The van der Waals surface area contributed by atoms with Crippen molar-refractivity contribution in [2.45, 2.75) is 32.9 Å². The lowest BCUT2D eigenvalue weighted by molar-refractivity contribution is -0.147. The molecule has 2 amide bonds. The molecular formula is C14H18N2O2. The monoisotopic (exact) mass is 246 g/mol. The van der Waals surface area contributed by atoms with Gasteiger partial charge in [0.25, 0.3) is 0 Å². The summed E-state index contributed by atoms with van der Waals surface area (Å²) in [6.07, 6.45) is 0. The quantitative estimate of drug-likeness (QED) is 0.857. The predicted octanol–water partition coefficient (Wildman–Crippen LogP) is 1.40. The van der Waals surface area contributed by atoms with Gasteiger partial charge < -0.3 is 10.2 Å². The summed E-state index contributed by atoms with van der Waals surface area (Å²) >= 11 is 0. The standard InChI is InChI=1S/C14H18N2O2/c1-9-6-4-5-7-12(9)10(2)16-11(3)14(18)15-8-13(16)17/h4-7,10-11H,8H2,1-3H3,(H,15,18). The highest BCUT2D eigenvalue weighted by molar-refractivity contribution is 5.94.